The minimum Gasteiger partial charge on any atom is -0.508 e. The van der Waals surface area contributed by atoms with Crippen LogP contribution in [-0.2, 0) is 6.42 Å². The molecule has 2 aromatic rings. The van der Waals surface area contributed by atoms with Gasteiger partial charge >= 0.3 is 0 Å². The van der Waals surface area contributed by atoms with E-state index in [9.17, 15) is 5.11 Å². The van der Waals surface area contributed by atoms with Crippen LogP contribution >= 0.6 is 0 Å². The van der Waals surface area contributed by atoms with Crippen molar-refractivity contribution in [3.63, 3.8) is 0 Å². The Bertz CT molecular complexity index is 522. The van der Waals surface area contributed by atoms with Gasteiger partial charge in [-0.15, -0.1) is 0 Å². The second-order valence-corrected chi connectivity index (χ2v) is 4.95. The van der Waals surface area contributed by atoms with Gasteiger partial charge in [0.2, 0.25) is 0 Å². The molecule has 0 saturated carbocycles. The highest BCUT2D eigenvalue weighted by Gasteiger charge is 2.11. The molecule has 19 heavy (non-hydrogen) atoms. The van der Waals surface area contributed by atoms with Crippen molar-refractivity contribution < 1.29 is 5.11 Å². The molecule has 2 rings (SSSR count). The van der Waals surface area contributed by atoms with Crippen LogP contribution in [0, 0.1) is 0 Å². The Morgan fingerprint density at radius 1 is 1.05 bits per heavy atom. The highest BCUT2D eigenvalue weighted by Crippen LogP contribution is 2.27. The second-order valence-electron chi connectivity index (χ2n) is 4.95. The zero-order chi connectivity index (χ0) is 13.7. The molecular weight excluding hydrogens is 234 g/mol. The monoisotopic (exact) mass is 255 g/mol. The highest BCUT2D eigenvalue weighted by molar-refractivity contribution is 5.40. The van der Waals surface area contributed by atoms with E-state index in [1.165, 1.54) is 11.1 Å². The van der Waals surface area contributed by atoms with Crippen LogP contribution in [0.1, 0.15) is 42.5 Å². The number of aromatic hydroxyl groups is 1. The molecule has 3 N–H and O–H groups in total. The summed E-state index contributed by atoms with van der Waals surface area (Å²) in [4.78, 5) is 0. The van der Waals surface area contributed by atoms with Gasteiger partial charge in [-0.1, -0.05) is 55.8 Å². The average Bonchev–Trinajstić information content (AvgIpc) is 2.42. The molecule has 2 aromatic carbocycles. The number of hydrogen-bond acceptors (Lipinski definition) is 2. The van der Waals surface area contributed by atoms with E-state index >= 15 is 0 Å². The fourth-order valence-electron chi connectivity index (χ4n) is 2.31. The Balaban J connectivity index is 2.21. The van der Waals surface area contributed by atoms with Gasteiger partial charge in [0.1, 0.15) is 5.75 Å². The lowest BCUT2D eigenvalue weighted by atomic mass is 9.97. The molecule has 2 nitrogen and oxygen atoms in total. The summed E-state index contributed by atoms with van der Waals surface area (Å²) in [5, 5.41) is 9.92. The molecule has 0 aromatic heterocycles. The molecule has 0 heterocycles. The smallest absolute Gasteiger partial charge is 0.120 e. The summed E-state index contributed by atoms with van der Waals surface area (Å²) < 4.78 is 0. The molecule has 100 valence electrons. The Labute approximate surface area is 114 Å². The van der Waals surface area contributed by atoms with Crippen molar-refractivity contribution in [3.05, 3.63) is 65.2 Å². The van der Waals surface area contributed by atoms with Crippen LogP contribution in [0.3, 0.4) is 0 Å². The molecule has 1 atom stereocenters. The first kappa shape index (κ1) is 13.6. The first-order valence-corrected chi connectivity index (χ1v) is 6.82. The Morgan fingerprint density at radius 3 is 2.47 bits per heavy atom. The first-order chi connectivity index (χ1) is 9.20. The van der Waals surface area contributed by atoms with Gasteiger partial charge in [-0.3, -0.25) is 0 Å². The van der Waals surface area contributed by atoms with Gasteiger partial charge in [0.05, 0.1) is 0 Å². The van der Waals surface area contributed by atoms with E-state index in [2.05, 4.69) is 19.1 Å². The normalized spacial score (nSPS) is 12.3. The maximum absolute atomic E-state index is 9.92. The minimum absolute atomic E-state index is 0.0827. The van der Waals surface area contributed by atoms with E-state index < -0.39 is 0 Å². The summed E-state index contributed by atoms with van der Waals surface area (Å²) in [6, 6.07) is 16.0. The largest absolute Gasteiger partial charge is 0.508 e. The van der Waals surface area contributed by atoms with Crippen LogP contribution in [0.15, 0.2) is 48.5 Å². The standard InChI is InChI=1S/C17H21NO/c1-2-6-16(18)15-12-14(9-10-17(15)19)11-13-7-4-3-5-8-13/h3-5,7-10,12,16,19H,2,6,11,18H2,1H3. The number of phenols is 1. The average molecular weight is 255 g/mol. The number of hydrogen-bond donors (Lipinski definition) is 2. The summed E-state index contributed by atoms with van der Waals surface area (Å²) in [6.45, 7) is 2.10. The predicted molar refractivity (Wildman–Crippen MR) is 79.2 cm³/mol. The van der Waals surface area contributed by atoms with Gasteiger partial charge in [-0.2, -0.15) is 0 Å². The molecule has 0 radical (unpaired) electrons. The zero-order valence-electron chi connectivity index (χ0n) is 11.3. The lowest BCUT2D eigenvalue weighted by molar-refractivity contribution is 0.457. The van der Waals surface area contributed by atoms with Crippen molar-refractivity contribution in [2.75, 3.05) is 0 Å². The van der Waals surface area contributed by atoms with E-state index in [0.717, 1.165) is 24.8 Å². The van der Waals surface area contributed by atoms with Crippen LogP contribution in [0.2, 0.25) is 0 Å². The minimum atomic E-state index is -0.0827. The summed E-state index contributed by atoms with van der Waals surface area (Å²) >= 11 is 0. The number of nitrogens with two attached hydrogens (primary N) is 1. The third kappa shape index (κ3) is 3.58. The van der Waals surface area contributed by atoms with Crippen molar-refractivity contribution in [2.24, 2.45) is 5.73 Å². The third-order valence-corrected chi connectivity index (χ3v) is 3.34. The summed E-state index contributed by atoms with van der Waals surface area (Å²) in [7, 11) is 0. The van der Waals surface area contributed by atoms with Crippen molar-refractivity contribution in [1.29, 1.82) is 0 Å². The Kier molecular flexibility index (Phi) is 4.58. The molecular formula is C17H21NO. The first-order valence-electron chi connectivity index (χ1n) is 6.82. The molecule has 0 saturated heterocycles. The molecule has 0 aliphatic rings. The van der Waals surface area contributed by atoms with E-state index in [0.29, 0.717) is 5.75 Å². The summed E-state index contributed by atoms with van der Waals surface area (Å²) in [5.74, 6) is 0.303. The van der Waals surface area contributed by atoms with Gasteiger partial charge in [0.25, 0.3) is 0 Å². The lowest BCUT2D eigenvalue weighted by Crippen LogP contribution is -2.10. The number of benzene rings is 2. The summed E-state index contributed by atoms with van der Waals surface area (Å²) in [5.41, 5.74) is 9.42. The highest BCUT2D eigenvalue weighted by atomic mass is 16.3. The Morgan fingerprint density at radius 2 is 1.79 bits per heavy atom. The third-order valence-electron chi connectivity index (χ3n) is 3.34. The van der Waals surface area contributed by atoms with Gasteiger partial charge in [0, 0.05) is 11.6 Å². The molecule has 0 amide bonds. The fourth-order valence-corrected chi connectivity index (χ4v) is 2.31. The molecule has 2 heteroatoms. The van der Waals surface area contributed by atoms with Gasteiger partial charge in [0.15, 0.2) is 0 Å². The van der Waals surface area contributed by atoms with Crippen molar-refractivity contribution in [3.8, 4) is 5.75 Å². The van der Waals surface area contributed by atoms with Crippen LogP contribution in [-0.4, -0.2) is 5.11 Å². The number of phenolic OH excluding ortho intramolecular Hbond substituents is 1. The van der Waals surface area contributed by atoms with Crippen LogP contribution < -0.4 is 5.73 Å². The topological polar surface area (TPSA) is 46.2 Å². The predicted octanol–water partition coefficient (Wildman–Crippen LogP) is 3.78. The molecule has 0 aliphatic carbocycles. The lowest BCUT2D eigenvalue weighted by Gasteiger charge is -2.14. The van der Waals surface area contributed by atoms with Crippen LogP contribution in [0.25, 0.3) is 0 Å². The molecule has 0 bridgehead atoms. The van der Waals surface area contributed by atoms with Crippen LogP contribution in [0.5, 0.6) is 5.75 Å². The quantitative estimate of drug-likeness (QED) is 0.854. The van der Waals surface area contributed by atoms with E-state index in [1.54, 1.807) is 6.07 Å². The maximum Gasteiger partial charge on any atom is 0.120 e. The maximum atomic E-state index is 9.92. The fraction of sp³-hybridized carbons (Fsp3) is 0.294. The Hall–Kier alpha value is -1.80. The molecule has 0 spiro atoms. The van der Waals surface area contributed by atoms with Crippen molar-refractivity contribution in [2.45, 2.75) is 32.2 Å². The molecule has 0 fully saturated rings. The van der Waals surface area contributed by atoms with Gasteiger partial charge in [-0.05, 0) is 30.0 Å². The van der Waals surface area contributed by atoms with Crippen molar-refractivity contribution >= 4 is 0 Å². The van der Waals surface area contributed by atoms with Gasteiger partial charge < -0.3 is 10.8 Å². The number of rotatable bonds is 5. The van der Waals surface area contributed by atoms with Gasteiger partial charge in [-0.25, -0.2) is 0 Å². The summed E-state index contributed by atoms with van der Waals surface area (Å²) in [6.07, 6.45) is 2.78. The van der Waals surface area contributed by atoms with E-state index in [-0.39, 0.29) is 6.04 Å². The molecule has 1 unspecified atom stereocenters. The SMILES string of the molecule is CCCC(N)c1cc(Cc2ccccc2)ccc1O. The zero-order valence-corrected chi connectivity index (χ0v) is 11.3. The van der Waals surface area contributed by atoms with E-state index in [4.69, 9.17) is 5.73 Å². The second kappa shape index (κ2) is 6.39. The molecule has 0 aliphatic heterocycles. The van der Waals surface area contributed by atoms with Crippen molar-refractivity contribution in [1.82, 2.24) is 0 Å². The van der Waals surface area contributed by atoms with E-state index in [1.807, 2.05) is 30.3 Å². The van der Waals surface area contributed by atoms with Crippen LogP contribution in [0.4, 0.5) is 0 Å².